The Labute approximate surface area is 133 Å². The Bertz CT molecular complexity index is 493. The molecule has 1 fully saturated rings. The molecule has 0 aliphatic carbocycles. The Balaban J connectivity index is 2.29. The van der Waals surface area contributed by atoms with Crippen molar-refractivity contribution in [1.29, 1.82) is 0 Å². The number of halogens is 1. The van der Waals surface area contributed by atoms with Crippen LogP contribution in [0, 0.1) is 0 Å². The van der Waals surface area contributed by atoms with E-state index >= 15 is 0 Å². The van der Waals surface area contributed by atoms with Gasteiger partial charge in [0.15, 0.2) is 0 Å². The fraction of sp³-hybridized carbons (Fsp3) is 0.529. The number of hydrogen-bond acceptors (Lipinski definition) is 3. The van der Waals surface area contributed by atoms with Crippen LogP contribution >= 0.6 is 11.6 Å². The van der Waals surface area contributed by atoms with E-state index in [1.54, 1.807) is 0 Å². The van der Waals surface area contributed by atoms with Crippen LogP contribution in [0.5, 0.6) is 0 Å². The van der Waals surface area contributed by atoms with Gasteiger partial charge in [-0.3, -0.25) is 4.90 Å². The topological polar surface area (TPSA) is 18.5 Å². The first kappa shape index (κ1) is 16.3. The zero-order chi connectivity index (χ0) is 15.4. The molecule has 1 N–H and O–H groups in total. The number of piperazine rings is 1. The molecule has 1 aromatic rings. The van der Waals surface area contributed by atoms with Crippen molar-refractivity contribution in [3.05, 3.63) is 40.9 Å². The maximum Gasteiger partial charge on any atom is 0.0474 e. The second-order valence-electron chi connectivity index (χ2n) is 6.06. The summed E-state index contributed by atoms with van der Waals surface area (Å²) in [6.45, 7) is 10.4. The SMILES string of the molecule is C=C(C)C[C@@H](c1ccc(N(C)C)cc1Cl)N1CCNCC1. The Morgan fingerprint density at radius 3 is 2.57 bits per heavy atom. The lowest BCUT2D eigenvalue weighted by Gasteiger charge is -2.36. The normalized spacial score (nSPS) is 17.5. The average molecular weight is 308 g/mol. The second kappa shape index (κ2) is 7.30. The summed E-state index contributed by atoms with van der Waals surface area (Å²) < 4.78 is 0. The fourth-order valence-electron chi connectivity index (χ4n) is 2.82. The predicted molar refractivity (Wildman–Crippen MR) is 92.4 cm³/mol. The number of nitrogens with zero attached hydrogens (tertiary/aromatic N) is 2. The zero-order valence-corrected chi connectivity index (χ0v) is 14.1. The fourth-order valence-corrected chi connectivity index (χ4v) is 3.12. The number of hydrogen-bond donors (Lipinski definition) is 1. The van der Waals surface area contributed by atoms with Crippen LogP contribution in [0.25, 0.3) is 0 Å². The van der Waals surface area contributed by atoms with E-state index in [1.807, 2.05) is 14.1 Å². The molecule has 1 heterocycles. The lowest BCUT2D eigenvalue weighted by molar-refractivity contribution is 0.172. The molecule has 0 radical (unpaired) electrons. The van der Waals surface area contributed by atoms with Gasteiger partial charge in [-0.15, -0.1) is 6.58 Å². The van der Waals surface area contributed by atoms with Crippen molar-refractivity contribution in [2.24, 2.45) is 0 Å². The zero-order valence-electron chi connectivity index (χ0n) is 13.3. The number of benzene rings is 1. The standard InChI is InChI=1S/C17H26ClN3/c1-13(2)11-17(21-9-7-19-8-10-21)15-6-5-14(20(3)4)12-16(15)18/h5-6,12,17,19H,1,7-11H2,2-4H3/t17-/m0/s1. The molecule has 1 aliphatic heterocycles. The Hall–Kier alpha value is -1.03. The van der Waals surface area contributed by atoms with Gasteiger partial charge in [0.05, 0.1) is 0 Å². The van der Waals surface area contributed by atoms with E-state index in [1.165, 1.54) is 11.1 Å². The van der Waals surface area contributed by atoms with Crippen LogP contribution in [-0.4, -0.2) is 45.2 Å². The van der Waals surface area contributed by atoms with Gasteiger partial charge in [-0.05, 0) is 31.0 Å². The van der Waals surface area contributed by atoms with Gasteiger partial charge >= 0.3 is 0 Å². The molecule has 3 nitrogen and oxygen atoms in total. The summed E-state index contributed by atoms with van der Waals surface area (Å²) >= 11 is 6.57. The highest BCUT2D eigenvalue weighted by Crippen LogP contribution is 2.34. The van der Waals surface area contributed by atoms with E-state index in [0.29, 0.717) is 6.04 Å². The van der Waals surface area contributed by atoms with Crippen LogP contribution in [-0.2, 0) is 0 Å². The van der Waals surface area contributed by atoms with Gasteiger partial charge < -0.3 is 10.2 Å². The molecule has 0 amide bonds. The van der Waals surface area contributed by atoms with Crippen molar-refractivity contribution in [1.82, 2.24) is 10.2 Å². The highest BCUT2D eigenvalue weighted by Gasteiger charge is 2.24. The largest absolute Gasteiger partial charge is 0.378 e. The first-order valence-electron chi connectivity index (χ1n) is 7.55. The summed E-state index contributed by atoms with van der Waals surface area (Å²) in [5, 5.41) is 4.26. The van der Waals surface area contributed by atoms with Crippen molar-refractivity contribution < 1.29 is 0 Å². The van der Waals surface area contributed by atoms with Gasteiger partial charge in [0.2, 0.25) is 0 Å². The van der Waals surface area contributed by atoms with E-state index in [0.717, 1.165) is 43.3 Å². The number of nitrogens with one attached hydrogen (secondary N) is 1. The van der Waals surface area contributed by atoms with Gasteiger partial charge in [0, 0.05) is 57.0 Å². The summed E-state index contributed by atoms with van der Waals surface area (Å²) in [5.41, 5.74) is 3.55. The van der Waals surface area contributed by atoms with E-state index in [2.05, 4.69) is 46.8 Å². The van der Waals surface area contributed by atoms with Crippen LogP contribution < -0.4 is 10.2 Å². The predicted octanol–water partition coefficient (Wildman–Crippen LogP) is 3.32. The minimum absolute atomic E-state index is 0.327. The van der Waals surface area contributed by atoms with Crippen molar-refractivity contribution >= 4 is 17.3 Å². The van der Waals surface area contributed by atoms with Crippen LogP contribution in [0.1, 0.15) is 24.9 Å². The molecule has 0 saturated carbocycles. The Morgan fingerprint density at radius 1 is 1.38 bits per heavy atom. The molecule has 21 heavy (non-hydrogen) atoms. The molecule has 0 spiro atoms. The van der Waals surface area contributed by atoms with Crippen molar-refractivity contribution in [2.75, 3.05) is 45.2 Å². The number of anilines is 1. The smallest absolute Gasteiger partial charge is 0.0474 e. The van der Waals surface area contributed by atoms with Crippen LogP contribution in [0.2, 0.25) is 5.02 Å². The monoisotopic (exact) mass is 307 g/mol. The van der Waals surface area contributed by atoms with Crippen LogP contribution in [0.3, 0.4) is 0 Å². The first-order valence-corrected chi connectivity index (χ1v) is 7.92. The second-order valence-corrected chi connectivity index (χ2v) is 6.47. The van der Waals surface area contributed by atoms with Crippen molar-refractivity contribution in [3.8, 4) is 0 Å². The van der Waals surface area contributed by atoms with E-state index < -0.39 is 0 Å². The quantitative estimate of drug-likeness (QED) is 0.842. The van der Waals surface area contributed by atoms with Crippen molar-refractivity contribution in [2.45, 2.75) is 19.4 Å². The lowest BCUT2D eigenvalue weighted by atomic mass is 9.97. The molecule has 116 valence electrons. The van der Waals surface area contributed by atoms with Gasteiger partial charge in [0.25, 0.3) is 0 Å². The molecule has 0 aromatic heterocycles. The Morgan fingerprint density at radius 2 is 2.05 bits per heavy atom. The maximum absolute atomic E-state index is 6.57. The van der Waals surface area contributed by atoms with Crippen LogP contribution in [0.15, 0.2) is 30.4 Å². The third kappa shape index (κ3) is 4.22. The minimum Gasteiger partial charge on any atom is -0.378 e. The van der Waals surface area contributed by atoms with Gasteiger partial charge in [-0.2, -0.15) is 0 Å². The molecule has 4 heteroatoms. The van der Waals surface area contributed by atoms with Crippen LogP contribution in [0.4, 0.5) is 5.69 Å². The third-order valence-electron chi connectivity index (χ3n) is 3.99. The van der Waals surface area contributed by atoms with Crippen molar-refractivity contribution in [3.63, 3.8) is 0 Å². The summed E-state index contributed by atoms with van der Waals surface area (Å²) in [6.07, 6.45) is 0.959. The average Bonchev–Trinajstić information content (AvgIpc) is 2.45. The summed E-state index contributed by atoms with van der Waals surface area (Å²) in [7, 11) is 4.07. The van der Waals surface area contributed by atoms with E-state index in [-0.39, 0.29) is 0 Å². The van der Waals surface area contributed by atoms with E-state index in [4.69, 9.17) is 11.6 Å². The van der Waals surface area contributed by atoms with Gasteiger partial charge in [0.1, 0.15) is 0 Å². The maximum atomic E-state index is 6.57. The first-order chi connectivity index (χ1) is 9.99. The summed E-state index contributed by atoms with van der Waals surface area (Å²) in [5.74, 6) is 0. The van der Waals surface area contributed by atoms with Gasteiger partial charge in [-0.1, -0.05) is 23.2 Å². The lowest BCUT2D eigenvalue weighted by Crippen LogP contribution is -2.45. The molecule has 2 rings (SSSR count). The third-order valence-corrected chi connectivity index (χ3v) is 4.32. The van der Waals surface area contributed by atoms with Gasteiger partial charge in [-0.25, -0.2) is 0 Å². The molecule has 0 bridgehead atoms. The highest BCUT2D eigenvalue weighted by molar-refractivity contribution is 6.31. The number of rotatable bonds is 5. The summed E-state index contributed by atoms with van der Waals surface area (Å²) in [4.78, 5) is 4.59. The minimum atomic E-state index is 0.327. The molecule has 1 aliphatic rings. The van der Waals surface area contributed by atoms with E-state index in [9.17, 15) is 0 Å². The summed E-state index contributed by atoms with van der Waals surface area (Å²) in [6, 6.07) is 6.71. The molecule has 1 saturated heterocycles. The Kier molecular flexibility index (Phi) is 5.68. The highest BCUT2D eigenvalue weighted by atomic mass is 35.5. The molecule has 1 atom stereocenters. The molecular formula is C17H26ClN3. The molecule has 0 unspecified atom stereocenters. The molecular weight excluding hydrogens is 282 g/mol. The molecule has 1 aromatic carbocycles.